The number of likely N-dealkylation sites (N-methyl/N-ethyl adjacent to an activating group) is 1. The van der Waals surface area contributed by atoms with E-state index in [1.54, 1.807) is 18.6 Å². The van der Waals surface area contributed by atoms with Crippen molar-refractivity contribution < 1.29 is 8.81 Å². The van der Waals surface area contributed by atoms with Crippen LogP contribution in [0.4, 0.5) is 4.39 Å². The average molecular weight is 247 g/mol. The minimum Gasteiger partial charge on any atom is -0.472 e. The molecule has 0 saturated heterocycles. The molecule has 1 aromatic carbocycles. The largest absolute Gasteiger partial charge is 0.472 e. The molecule has 0 aliphatic heterocycles. The molecule has 0 radical (unpaired) electrons. The Morgan fingerprint density at radius 1 is 1.28 bits per heavy atom. The molecule has 3 heteroatoms. The minimum atomic E-state index is -0.135. The second-order valence-electron chi connectivity index (χ2n) is 4.36. The molecule has 18 heavy (non-hydrogen) atoms. The van der Waals surface area contributed by atoms with Crippen LogP contribution in [0.25, 0.3) is 0 Å². The van der Waals surface area contributed by atoms with E-state index in [0.717, 1.165) is 30.6 Å². The summed E-state index contributed by atoms with van der Waals surface area (Å²) in [5, 5.41) is 3.29. The van der Waals surface area contributed by atoms with Crippen LogP contribution in [0.3, 0.4) is 0 Å². The van der Waals surface area contributed by atoms with Crippen LogP contribution in [0.1, 0.15) is 24.0 Å². The standard InChI is InChI=1S/C15H18FNO/c1-2-17-10-13(9-12-7-8-18-11-12)14-5-3-4-6-15(14)16/h3-8,11,13,17H,2,9-10H2,1H3. The molecule has 2 aromatic rings. The molecule has 1 atom stereocenters. The Labute approximate surface area is 107 Å². The molecule has 0 fully saturated rings. The molecule has 0 aliphatic rings. The van der Waals surface area contributed by atoms with E-state index in [1.165, 1.54) is 6.07 Å². The zero-order valence-corrected chi connectivity index (χ0v) is 10.5. The summed E-state index contributed by atoms with van der Waals surface area (Å²) >= 11 is 0. The summed E-state index contributed by atoms with van der Waals surface area (Å²) in [6, 6.07) is 8.91. The quantitative estimate of drug-likeness (QED) is 0.846. The average Bonchev–Trinajstić information content (AvgIpc) is 2.88. The van der Waals surface area contributed by atoms with Gasteiger partial charge in [-0.1, -0.05) is 25.1 Å². The van der Waals surface area contributed by atoms with Crippen molar-refractivity contribution in [2.45, 2.75) is 19.3 Å². The molecular formula is C15H18FNO. The van der Waals surface area contributed by atoms with Gasteiger partial charge >= 0.3 is 0 Å². The SMILES string of the molecule is CCNCC(Cc1ccoc1)c1ccccc1F. The fourth-order valence-electron chi connectivity index (χ4n) is 2.11. The lowest BCUT2D eigenvalue weighted by atomic mass is 9.92. The van der Waals surface area contributed by atoms with E-state index in [2.05, 4.69) is 12.2 Å². The molecule has 1 heterocycles. The molecule has 1 unspecified atom stereocenters. The van der Waals surface area contributed by atoms with Gasteiger partial charge in [-0.25, -0.2) is 4.39 Å². The molecule has 0 amide bonds. The third kappa shape index (κ3) is 3.20. The summed E-state index contributed by atoms with van der Waals surface area (Å²) < 4.78 is 18.9. The van der Waals surface area contributed by atoms with Crippen LogP contribution in [-0.4, -0.2) is 13.1 Å². The Bertz CT molecular complexity index is 467. The smallest absolute Gasteiger partial charge is 0.126 e. The van der Waals surface area contributed by atoms with Gasteiger partial charge in [0.05, 0.1) is 12.5 Å². The lowest BCUT2D eigenvalue weighted by Crippen LogP contribution is -2.23. The van der Waals surface area contributed by atoms with Gasteiger partial charge in [-0.2, -0.15) is 0 Å². The van der Waals surface area contributed by atoms with E-state index in [4.69, 9.17) is 4.42 Å². The summed E-state index contributed by atoms with van der Waals surface area (Å²) in [7, 11) is 0. The summed E-state index contributed by atoms with van der Waals surface area (Å²) in [6.45, 7) is 3.70. The van der Waals surface area contributed by atoms with E-state index in [9.17, 15) is 4.39 Å². The predicted molar refractivity (Wildman–Crippen MR) is 70.1 cm³/mol. The van der Waals surface area contributed by atoms with Crippen LogP contribution >= 0.6 is 0 Å². The first-order valence-corrected chi connectivity index (χ1v) is 6.27. The zero-order valence-electron chi connectivity index (χ0n) is 10.5. The Morgan fingerprint density at radius 3 is 2.78 bits per heavy atom. The number of furan rings is 1. The monoisotopic (exact) mass is 247 g/mol. The maximum atomic E-state index is 13.8. The second-order valence-corrected chi connectivity index (χ2v) is 4.36. The Kier molecular flexibility index (Phi) is 4.53. The van der Waals surface area contributed by atoms with Crippen molar-refractivity contribution in [2.24, 2.45) is 0 Å². The highest BCUT2D eigenvalue weighted by atomic mass is 19.1. The first-order valence-electron chi connectivity index (χ1n) is 6.27. The third-order valence-electron chi connectivity index (χ3n) is 3.05. The van der Waals surface area contributed by atoms with Crippen LogP contribution in [0, 0.1) is 5.82 Å². The number of hydrogen-bond donors (Lipinski definition) is 1. The van der Waals surface area contributed by atoms with E-state index in [-0.39, 0.29) is 11.7 Å². The highest BCUT2D eigenvalue weighted by Gasteiger charge is 2.16. The van der Waals surface area contributed by atoms with Gasteiger partial charge in [0, 0.05) is 12.5 Å². The molecule has 96 valence electrons. The van der Waals surface area contributed by atoms with E-state index in [1.807, 2.05) is 18.2 Å². The topological polar surface area (TPSA) is 25.2 Å². The molecule has 0 bridgehead atoms. The lowest BCUT2D eigenvalue weighted by Gasteiger charge is -2.17. The van der Waals surface area contributed by atoms with Gasteiger partial charge in [-0.15, -0.1) is 0 Å². The van der Waals surface area contributed by atoms with Crippen molar-refractivity contribution in [3.63, 3.8) is 0 Å². The Morgan fingerprint density at radius 2 is 2.11 bits per heavy atom. The Balaban J connectivity index is 2.16. The summed E-state index contributed by atoms with van der Waals surface area (Å²) in [6.07, 6.45) is 4.16. The van der Waals surface area contributed by atoms with Gasteiger partial charge in [0.2, 0.25) is 0 Å². The van der Waals surface area contributed by atoms with Crippen molar-refractivity contribution in [1.29, 1.82) is 0 Å². The summed E-state index contributed by atoms with van der Waals surface area (Å²) in [4.78, 5) is 0. The van der Waals surface area contributed by atoms with Gasteiger partial charge in [0.1, 0.15) is 5.82 Å². The highest BCUT2D eigenvalue weighted by molar-refractivity contribution is 5.24. The normalized spacial score (nSPS) is 12.6. The van der Waals surface area contributed by atoms with E-state index in [0.29, 0.717) is 0 Å². The fourth-order valence-corrected chi connectivity index (χ4v) is 2.11. The van der Waals surface area contributed by atoms with Crippen LogP contribution < -0.4 is 5.32 Å². The number of benzene rings is 1. The molecule has 2 nitrogen and oxygen atoms in total. The molecule has 1 aromatic heterocycles. The summed E-state index contributed by atoms with van der Waals surface area (Å²) in [5.74, 6) is -0.00681. The first kappa shape index (κ1) is 12.8. The molecule has 1 N–H and O–H groups in total. The maximum Gasteiger partial charge on any atom is 0.126 e. The summed E-state index contributed by atoms with van der Waals surface area (Å²) in [5.41, 5.74) is 1.86. The molecule has 0 spiro atoms. The van der Waals surface area contributed by atoms with Gasteiger partial charge < -0.3 is 9.73 Å². The third-order valence-corrected chi connectivity index (χ3v) is 3.05. The maximum absolute atomic E-state index is 13.8. The van der Waals surface area contributed by atoms with E-state index < -0.39 is 0 Å². The van der Waals surface area contributed by atoms with Crippen molar-refractivity contribution >= 4 is 0 Å². The first-order chi connectivity index (χ1) is 8.81. The van der Waals surface area contributed by atoms with Crippen molar-refractivity contribution in [3.8, 4) is 0 Å². The van der Waals surface area contributed by atoms with Crippen molar-refractivity contribution in [1.82, 2.24) is 5.32 Å². The Hall–Kier alpha value is -1.61. The van der Waals surface area contributed by atoms with Gasteiger partial charge in [0.25, 0.3) is 0 Å². The van der Waals surface area contributed by atoms with Gasteiger partial charge in [-0.3, -0.25) is 0 Å². The predicted octanol–water partition coefficient (Wildman–Crippen LogP) is 3.35. The van der Waals surface area contributed by atoms with E-state index >= 15 is 0 Å². The number of hydrogen-bond acceptors (Lipinski definition) is 2. The number of halogens is 1. The van der Waals surface area contributed by atoms with Crippen molar-refractivity contribution in [3.05, 3.63) is 59.8 Å². The fraction of sp³-hybridized carbons (Fsp3) is 0.333. The van der Waals surface area contributed by atoms with Crippen LogP contribution in [0.2, 0.25) is 0 Å². The van der Waals surface area contributed by atoms with Crippen LogP contribution in [0.5, 0.6) is 0 Å². The van der Waals surface area contributed by atoms with Gasteiger partial charge in [0.15, 0.2) is 0 Å². The highest BCUT2D eigenvalue weighted by Crippen LogP contribution is 2.23. The molecule has 2 rings (SSSR count). The lowest BCUT2D eigenvalue weighted by molar-refractivity contribution is 0.535. The molecular weight excluding hydrogens is 229 g/mol. The molecule has 0 saturated carbocycles. The van der Waals surface area contributed by atoms with Crippen LogP contribution in [0.15, 0.2) is 47.3 Å². The van der Waals surface area contributed by atoms with Gasteiger partial charge in [-0.05, 0) is 36.2 Å². The molecule has 0 aliphatic carbocycles. The number of rotatable bonds is 6. The second kappa shape index (κ2) is 6.36. The van der Waals surface area contributed by atoms with Crippen LogP contribution in [-0.2, 0) is 6.42 Å². The van der Waals surface area contributed by atoms with Crippen molar-refractivity contribution in [2.75, 3.05) is 13.1 Å². The zero-order chi connectivity index (χ0) is 12.8. The minimum absolute atomic E-state index is 0.128. The number of nitrogens with one attached hydrogen (secondary N) is 1.